The molecule has 7 heteroatoms. The van der Waals surface area contributed by atoms with Gasteiger partial charge in [0.1, 0.15) is 11.0 Å². The van der Waals surface area contributed by atoms with E-state index in [0.29, 0.717) is 12.5 Å². The predicted molar refractivity (Wildman–Crippen MR) is 104 cm³/mol. The molecule has 1 amide bonds. The van der Waals surface area contributed by atoms with Crippen molar-refractivity contribution in [2.45, 2.75) is 25.9 Å². The Labute approximate surface area is 162 Å². The van der Waals surface area contributed by atoms with Crippen molar-refractivity contribution >= 4 is 28.7 Å². The first-order valence-corrected chi connectivity index (χ1v) is 10.1. The van der Waals surface area contributed by atoms with Gasteiger partial charge in [0.05, 0.1) is 29.4 Å². The van der Waals surface area contributed by atoms with Crippen molar-refractivity contribution in [2.75, 3.05) is 19.6 Å². The third-order valence-corrected chi connectivity index (χ3v) is 6.39. The zero-order chi connectivity index (χ0) is 18.3. The number of carbonyl (C=O) groups excluding carboxylic acids is 1. The van der Waals surface area contributed by atoms with Gasteiger partial charge in [0.25, 0.3) is 0 Å². The lowest BCUT2D eigenvalue weighted by molar-refractivity contribution is -0.136. The molecular formula is C20H21N5OS. The van der Waals surface area contributed by atoms with E-state index in [4.69, 9.17) is 0 Å². The molecule has 2 aromatic heterocycles. The molecular weight excluding hydrogens is 358 g/mol. The van der Waals surface area contributed by atoms with Gasteiger partial charge in [-0.25, -0.2) is 0 Å². The number of hydrogen-bond donors (Lipinski definition) is 0. The summed E-state index contributed by atoms with van der Waals surface area (Å²) in [5.74, 6) is 0.301. The monoisotopic (exact) mass is 379 g/mol. The minimum absolute atomic E-state index is 0.207. The van der Waals surface area contributed by atoms with E-state index in [-0.39, 0.29) is 5.41 Å². The topological polar surface area (TPSA) is 62.2 Å². The van der Waals surface area contributed by atoms with Crippen molar-refractivity contribution in [3.05, 3.63) is 53.9 Å². The summed E-state index contributed by atoms with van der Waals surface area (Å²) in [6.45, 7) is 4.13. The van der Waals surface area contributed by atoms with Crippen LogP contribution < -0.4 is 0 Å². The first kappa shape index (κ1) is 16.8. The molecule has 1 spiro atoms. The van der Waals surface area contributed by atoms with Gasteiger partial charge >= 0.3 is 0 Å². The van der Waals surface area contributed by atoms with Crippen LogP contribution in [0.1, 0.15) is 24.1 Å². The number of nitrogens with zero attached hydrogens (tertiary/aromatic N) is 5. The van der Waals surface area contributed by atoms with E-state index in [9.17, 15) is 4.79 Å². The standard InChI is InChI=1S/C20H21N5OS/c26-19-20(7-10-25(19)13-16-3-1-2-8-21-16)6-9-24(14-20)12-15-4-5-17-18(11-15)23-27-22-17/h1-5,8,11H,6-7,9-10,12-14H2. The average Bonchev–Trinajstić information content (AvgIpc) is 3.39. The van der Waals surface area contributed by atoms with Crippen molar-refractivity contribution in [1.29, 1.82) is 0 Å². The van der Waals surface area contributed by atoms with E-state index in [1.54, 1.807) is 6.20 Å². The SMILES string of the molecule is O=C1N(Cc2ccccn2)CCC12CCN(Cc1ccc3nsnc3c1)C2. The number of likely N-dealkylation sites (tertiary alicyclic amines) is 2. The van der Waals surface area contributed by atoms with Gasteiger partial charge < -0.3 is 4.90 Å². The highest BCUT2D eigenvalue weighted by atomic mass is 32.1. The molecule has 1 unspecified atom stereocenters. The maximum absolute atomic E-state index is 13.1. The fourth-order valence-corrected chi connectivity index (χ4v) is 4.90. The molecule has 1 atom stereocenters. The summed E-state index contributed by atoms with van der Waals surface area (Å²) in [4.78, 5) is 21.9. The van der Waals surface area contributed by atoms with E-state index in [1.807, 2.05) is 29.2 Å². The van der Waals surface area contributed by atoms with Crippen LogP contribution in [0.4, 0.5) is 0 Å². The lowest BCUT2D eigenvalue weighted by Crippen LogP contribution is -2.36. The predicted octanol–water partition coefficient (Wildman–Crippen LogP) is 2.71. The molecule has 0 saturated carbocycles. The van der Waals surface area contributed by atoms with Crippen LogP contribution in [0.2, 0.25) is 0 Å². The van der Waals surface area contributed by atoms with Crippen molar-refractivity contribution in [1.82, 2.24) is 23.5 Å². The number of amides is 1. The normalized spacial score (nSPS) is 23.1. The molecule has 0 radical (unpaired) electrons. The number of benzene rings is 1. The second-order valence-corrected chi connectivity index (χ2v) is 8.15. The van der Waals surface area contributed by atoms with Gasteiger partial charge in [0.15, 0.2) is 0 Å². The largest absolute Gasteiger partial charge is 0.336 e. The lowest BCUT2D eigenvalue weighted by atomic mass is 9.85. The van der Waals surface area contributed by atoms with E-state index in [1.165, 1.54) is 17.3 Å². The van der Waals surface area contributed by atoms with Crippen LogP contribution >= 0.6 is 11.7 Å². The van der Waals surface area contributed by atoms with E-state index in [2.05, 4.69) is 30.8 Å². The molecule has 0 aliphatic carbocycles. The second kappa shape index (κ2) is 6.65. The van der Waals surface area contributed by atoms with Gasteiger partial charge in [-0.05, 0) is 49.2 Å². The lowest BCUT2D eigenvalue weighted by Gasteiger charge is -2.23. The van der Waals surface area contributed by atoms with E-state index >= 15 is 0 Å². The summed E-state index contributed by atoms with van der Waals surface area (Å²) in [7, 11) is 0. The second-order valence-electron chi connectivity index (χ2n) is 7.63. The molecule has 27 heavy (non-hydrogen) atoms. The molecule has 6 nitrogen and oxygen atoms in total. The smallest absolute Gasteiger partial charge is 0.230 e. The van der Waals surface area contributed by atoms with Crippen LogP contribution in [0.25, 0.3) is 11.0 Å². The molecule has 2 aliphatic heterocycles. The Bertz CT molecular complexity index is 975. The fraction of sp³-hybridized carbons (Fsp3) is 0.400. The fourth-order valence-electron chi connectivity index (χ4n) is 4.39. The maximum Gasteiger partial charge on any atom is 0.230 e. The number of fused-ring (bicyclic) bond motifs is 1. The molecule has 138 valence electrons. The summed E-state index contributed by atoms with van der Waals surface area (Å²) in [6, 6.07) is 12.2. The van der Waals surface area contributed by atoms with E-state index < -0.39 is 0 Å². The number of carbonyl (C=O) groups is 1. The van der Waals surface area contributed by atoms with Gasteiger partial charge in [0.2, 0.25) is 5.91 Å². The summed E-state index contributed by atoms with van der Waals surface area (Å²) in [5, 5.41) is 0. The molecule has 1 aromatic carbocycles. The molecule has 5 rings (SSSR count). The van der Waals surface area contributed by atoms with Crippen LogP contribution in [0, 0.1) is 5.41 Å². The summed E-state index contributed by atoms with van der Waals surface area (Å²) >= 11 is 1.25. The molecule has 3 aromatic rings. The Hall–Kier alpha value is -2.38. The van der Waals surface area contributed by atoms with Crippen molar-refractivity contribution in [3.8, 4) is 0 Å². The Morgan fingerprint density at radius 1 is 1.04 bits per heavy atom. The molecule has 2 fully saturated rings. The first-order chi connectivity index (χ1) is 13.2. The van der Waals surface area contributed by atoms with Crippen LogP contribution in [0.5, 0.6) is 0 Å². The highest BCUT2D eigenvalue weighted by Gasteiger charge is 2.50. The summed E-state index contributed by atoms with van der Waals surface area (Å²) < 4.78 is 8.60. The third-order valence-electron chi connectivity index (χ3n) is 5.84. The zero-order valence-corrected chi connectivity index (χ0v) is 15.9. The van der Waals surface area contributed by atoms with Gasteiger partial charge in [-0.3, -0.25) is 14.7 Å². The number of rotatable bonds is 4. The van der Waals surface area contributed by atoms with Crippen LogP contribution in [-0.2, 0) is 17.9 Å². The highest BCUT2D eigenvalue weighted by Crippen LogP contribution is 2.41. The average molecular weight is 379 g/mol. The maximum atomic E-state index is 13.1. The summed E-state index contributed by atoms with van der Waals surface area (Å²) in [6.07, 6.45) is 3.69. The summed E-state index contributed by atoms with van der Waals surface area (Å²) in [5.41, 5.74) is 3.91. The van der Waals surface area contributed by atoms with Crippen molar-refractivity contribution in [3.63, 3.8) is 0 Å². The molecule has 2 saturated heterocycles. The zero-order valence-electron chi connectivity index (χ0n) is 15.0. The third kappa shape index (κ3) is 3.11. The quantitative estimate of drug-likeness (QED) is 0.697. The van der Waals surface area contributed by atoms with Crippen LogP contribution in [0.15, 0.2) is 42.6 Å². The Balaban J connectivity index is 1.26. The first-order valence-electron chi connectivity index (χ1n) is 9.35. The van der Waals surface area contributed by atoms with Gasteiger partial charge in [0, 0.05) is 25.8 Å². The number of hydrogen-bond acceptors (Lipinski definition) is 6. The molecule has 4 heterocycles. The molecule has 0 bridgehead atoms. The Morgan fingerprint density at radius 2 is 1.93 bits per heavy atom. The number of pyridine rings is 1. The van der Waals surface area contributed by atoms with Crippen molar-refractivity contribution in [2.24, 2.45) is 5.41 Å². The van der Waals surface area contributed by atoms with Gasteiger partial charge in [-0.2, -0.15) is 8.75 Å². The Morgan fingerprint density at radius 3 is 2.81 bits per heavy atom. The van der Waals surface area contributed by atoms with Crippen LogP contribution in [0.3, 0.4) is 0 Å². The van der Waals surface area contributed by atoms with Gasteiger partial charge in [-0.1, -0.05) is 12.1 Å². The van der Waals surface area contributed by atoms with Crippen molar-refractivity contribution < 1.29 is 4.79 Å². The minimum atomic E-state index is -0.207. The van der Waals surface area contributed by atoms with Crippen LogP contribution in [-0.4, -0.2) is 49.1 Å². The Kier molecular flexibility index (Phi) is 4.13. The van der Waals surface area contributed by atoms with Gasteiger partial charge in [-0.15, -0.1) is 0 Å². The van der Waals surface area contributed by atoms with E-state index in [0.717, 1.165) is 55.7 Å². The highest BCUT2D eigenvalue weighted by molar-refractivity contribution is 7.00. The molecule has 2 aliphatic rings. The molecule has 0 N–H and O–H groups in total. The number of aromatic nitrogens is 3. The minimum Gasteiger partial charge on any atom is -0.336 e.